The second kappa shape index (κ2) is 10.2. The molecule has 0 unspecified atom stereocenters. The first-order valence-corrected chi connectivity index (χ1v) is 8.79. The minimum absolute atomic E-state index is 0.0295. The minimum Gasteiger partial charge on any atom is -0.490 e. The summed E-state index contributed by atoms with van der Waals surface area (Å²) < 4.78 is 20.8. The number of nitrogens with zero attached hydrogens (tertiary/aromatic N) is 1. The maximum absolute atomic E-state index is 11.8. The Balaban J connectivity index is 1.77. The molecule has 0 saturated heterocycles. The molecule has 0 saturated carbocycles. The fraction of sp³-hybridized carbons (Fsp3) is 0.421. The maximum Gasteiger partial charge on any atom is 0.377 e. The number of aromatic nitrogens is 1. The van der Waals surface area contributed by atoms with Crippen LogP contribution in [0.15, 0.2) is 28.8 Å². The number of aryl methyl sites for hydroxylation is 1. The number of carbonyl (C=O) groups excluding carboxylic acids is 2. The summed E-state index contributed by atoms with van der Waals surface area (Å²) in [6.45, 7) is 6.62. The highest BCUT2D eigenvalue weighted by molar-refractivity contribution is 5.88. The second-order valence-corrected chi connectivity index (χ2v) is 5.66. The molecule has 0 radical (unpaired) electrons. The fourth-order valence-corrected chi connectivity index (χ4v) is 2.31. The predicted molar refractivity (Wildman–Crippen MR) is 97.0 cm³/mol. The van der Waals surface area contributed by atoms with E-state index in [1.165, 1.54) is 6.07 Å². The molecule has 1 aromatic heterocycles. The largest absolute Gasteiger partial charge is 0.490 e. The molecule has 2 aromatic rings. The van der Waals surface area contributed by atoms with Crippen molar-refractivity contribution in [3.63, 3.8) is 0 Å². The molecule has 0 spiro atoms. The molecule has 8 nitrogen and oxygen atoms in total. The first kappa shape index (κ1) is 20.3. The predicted octanol–water partition coefficient (Wildman–Crippen LogP) is 2.30. The molecule has 0 aliphatic carbocycles. The highest BCUT2D eigenvalue weighted by atomic mass is 16.6. The molecule has 0 aliphatic heterocycles. The summed E-state index contributed by atoms with van der Waals surface area (Å²) >= 11 is 0. The number of nitrogens with one attached hydrogen (secondary N) is 1. The van der Waals surface area contributed by atoms with Gasteiger partial charge < -0.3 is 24.1 Å². The smallest absolute Gasteiger partial charge is 0.377 e. The van der Waals surface area contributed by atoms with Gasteiger partial charge >= 0.3 is 5.97 Å². The Bertz CT molecular complexity index is 771. The Kier molecular flexibility index (Phi) is 7.66. The van der Waals surface area contributed by atoms with Crippen LogP contribution in [0.25, 0.3) is 0 Å². The molecular formula is C19H24N2O6. The van der Waals surface area contributed by atoms with Gasteiger partial charge in [0, 0.05) is 12.6 Å². The Hall–Kier alpha value is -3.03. The first-order chi connectivity index (χ1) is 13.0. The van der Waals surface area contributed by atoms with E-state index in [2.05, 4.69) is 10.5 Å². The summed E-state index contributed by atoms with van der Waals surface area (Å²) in [6, 6.07) is 7.12. The average Bonchev–Trinajstić information content (AvgIpc) is 3.08. The van der Waals surface area contributed by atoms with E-state index in [-0.39, 0.29) is 12.4 Å². The maximum atomic E-state index is 11.8. The quantitative estimate of drug-likeness (QED) is 0.635. The second-order valence-electron chi connectivity index (χ2n) is 5.66. The van der Waals surface area contributed by atoms with Gasteiger partial charge in [-0.2, -0.15) is 0 Å². The van der Waals surface area contributed by atoms with Gasteiger partial charge in [-0.1, -0.05) is 11.2 Å². The number of ether oxygens (including phenoxy) is 3. The lowest BCUT2D eigenvalue weighted by molar-refractivity contribution is -0.124. The molecule has 0 fully saturated rings. The van der Waals surface area contributed by atoms with Crippen molar-refractivity contribution in [1.82, 2.24) is 10.5 Å². The third kappa shape index (κ3) is 6.32. The van der Waals surface area contributed by atoms with E-state index in [0.29, 0.717) is 43.4 Å². The van der Waals surface area contributed by atoms with Crippen LogP contribution in [0.3, 0.4) is 0 Å². The lowest BCUT2D eigenvalue weighted by atomic mass is 10.1. The number of rotatable bonds is 10. The van der Waals surface area contributed by atoms with Crippen molar-refractivity contribution in [3.05, 3.63) is 41.3 Å². The summed E-state index contributed by atoms with van der Waals surface area (Å²) in [5, 5.41) is 6.29. The fourth-order valence-electron chi connectivity index (χ4n) is 2.31. The molecule has 1 N–H and O–H groups in total. The van der Waals surface area contributed by atoms with Crippen LogP contribution in [0.5, 0.6) is 11.5 Å². The van der Waals surface area contributed by atoms with Gasteiger partial charge in [0.2, 0.25) is 5.76 Å². The molecule has 1 heterocycles. The lowest BCUT2D eigenvalue weighted by Crippen LogP contribution is -2.30. The molecule has 0 aliphatic rings. The van der Waals surface area contributed by atoms with Gasteiger partial charge in [0.25, 0.3) is 5.91 Å². The SMILES string of the molecule is CCOc1ccc(CCNC(=O)COC(=O)c2cc(C)no2)cc1OCC. The van der Waals surface area contributed by atoms with Crippen LogP contribution < -0.4 is 14.8 Å². The van der Waals surface area contributed by atoms with Gasteiger partial charge in [0.15, 0.2) is 18.1 Å². The number of hydrogen-bond acceptors (Lipinski definition) is 7. The van der Waals surface area contributed by atoms with E-state index in [9.17, 15) is 9.59 Å². The van der Waals surface area contributed by atoms with Crippen LogP contribution in [-0.4, -0.2) is 43.4 Å². The van der Waals surface area contributed by atoms with Crippen LogP contribution in [0.2, 0.25) is 0 Å². The van der Waals surface area contributed by atoms with Crippen LogP contribution in [-0.2, 0) is 16.0 Å². The topological polar surface area (TPSA) is 99.9 Å². The summed E-state index contributed by atoms with van der Waals surface area (Å²) in [4.78, 5) is 23.5. The van der Waals surface area contributed by atoms with Gasteiger partial charge in [0.05, 0.1) is 18.9 Å². The number of esters is 1. The van der Waals surface area contributed by atoms with Crippen LogP contribution in [0.4, 0.5) is 0 Å². The standard InChI is InChI=1S/C19H24N2O6/c1-4-24-15-7-6-14(11-16(15)25-5-2)8-9-20-18(22)12-26-19(23)17-10-13(3)21-27-17/h6-7,10-11H,4-5,8-9,12H2,1-3H3,(H,20,22). The molecular weight excluding hydrogens is 352 g/mol. The molecule has 27 heavy (non-hydrogen) atoms. The van der Waals surface area contributed by atoms with Gasteiger partial charge in [-0.3, -0.25) is 4.79 Å². The van der Waals surface area contributed by atoms with E-state index in [0.717, 1.165) is 5.56 Å². The van der Waals surface area contributed by atoms with Gasteiger partial charge in [-0.05, 0) is 44.9 Å². The van der Waals surface area contributed by atoms with Crippen LogP contribution >= 0.6 is 0 Å². The van der Waals surface area contributed by atoms with Crippen molar-refractivity contribution in [1.29, 1.82) is 0 Å². The van der Waals surface area contributed by atoms with E-state index < -0.39 is 11.9 Å². The minimum atomic E-state index is -0.724. The highest BCUT2D eigenvalue weighted by Gasteiger charge is 2.15. The Morgan fingerprint density at radius 2 is 1.85 bits per heavy atom. The van der Waals surface area contributed by atoms with Gasteiger partial charge in [-0.25, -0.2) is 4.79 Å². The highest BCUT2D eigenvalue weighted by Crippen LogP contribution is 2.28. The molecule has 146 valence electrons. The third-order valence-electron chi connectivity index (χ3n) is 3.51. The number of carbonyl (C=O) groups is 2. The van der Waals surface area contributed by atoms with E-state index >= 15 is 0 Å². The lowest BCUT2D eigenvalue weighted by Gasteiger charge is -2.12. The molecule has 1 amide bonds. The van der Waals surface area contributed by atoms with Crippen molar-refractivity contribution < 1.29 is 28.3 Å². The summed E-state index contributed by atoms with van der Waals surface area (Å²) in [6.07, 6.45) is 0.605. The molecule has 0 bridgehead atoms. The molecule has 0 atom stereocenters. The summed E-state index contributed by atoms with van der Waals surface area (Å²) in [5.41, 5.74) is 1.56. The van der Waals surface area contributed by atoms with Crippen molar-refractivity contribution >= 4 is 11.9 Å². The van der Waals surface area contributed by atoms with E-state index in [1.54, 1.807) is 6.92 Å². The van der Waals surface area contributed by atoms with Gasteiger partial charge in [0.1, 0.15) is 0 Å². The Labute approximate surface area is 157 Å². The third-order valence-corrected chi connectivity index (χ3v) is 3.51. The van der Waals surface area contributed by atoms with Crippen molar-refractivity contribution in [2.24, 2.45) is 0 Å². The van der Waals surface area contributed by atoms with Crippen molar-refractivity contribution in [2.75, 3.05) is 26.4 Å². The van der Waals surface area contributed by atoms with Crippen LogP contribution in [0.1, 0.15) is 35.7 Å². The molecule has 8 heteroatoms. The zero-order chi connectivity index (χ0) is 19.6. The summed E-state index contributed by atoms with van der Waals surface area (Å²) in [7, 11) is 0. The molecule has 1 aromatic carbocycles. The monoisotopic (exact) mass is 376 g/mol. The zero-order valence-corrected chi connectivity index (χ0v) is 15.7. The number of hydrogen-bond donors (Lipinski definition) is 1. The van der Waals surface area contributed by atoms with Crippen LogP contribution in [0, 0.1) is 6.92 Å². The number of benzene rings is 1. The van der Waals surface area contributed by atoms with Gasteiger partial charge in [-0.15, -0.1) is 0 Å². The average molecular weight is 376 g/mol. The Morgan fingerprint density at radius 3 is 2.52 bits per heavy atom. The summed E-state index contributed by atoms with van der Waals surface area (Å²) in [5.74, 6) is 0.230. The number of amides is 1. The van der Waals surface area contributed by atoms with E-state index in [1.807, 2.05) is 32.0 Å². The molecule has 2 rings (SSSR count). The first-order valence-electron chi connectivity index (χ1n) is 8.79. The normalized spacial score (nSPS) is 10.3. The van der Waals surface area contributed by atoms with Crippen molar-refractivity contribution in [2.45, 2.75) is 27.2 Å². The Morgan fingerprint density at radius 1 is 1.11 bits per heavy atom. The van der Waals surface area contributed by atoms with E-state index in [4.69, 9.17) is 18.7 Å². The van der Waals surface area contributed by atoms with Crippen molar-refractivity contribution in [3.8, 4) is 11.5 Å². The zero-order valence-electron chi connectivity index (χ0n) is 15.7.